The van der Waals surface area contributed by atoms with Crippen LogP contribution in [0, 0.1) is 0 Å². The third kappa shape index (κ3) is 3.20. The molecule has 2 aromatic heterocycles. The van der Waals surface area contributed by atoms with Crippen LogP contribution in [0.2, 0.25) is 0 Å². The zero-order chi connectivity index (χ0) is 19.5. The Balaban J connectivity index is 1.96. The van der Waals surface area contributed by atoms with Gasteiger partial charge in [0.2, 0.25) is 0 Å². The Morgan fingerprint density at radius 3 is 2.54 bits per heavy atom. The van der Waals surface area contributed by atoms with Crippen LogP contribution in [-0.4, -0.2) is 28.8 Å². The van der Waals surface area contributed by atoms with Gasteiger partial charge in [0, 0.05) is 18.0 Å². The maximum absolute atomic E-state index is 13.3. The van der Waals surface area contributed by atoms with Gasteiger partial charge >= 0.3 is 0 Å². The standard InChI is InChI=1S/C22H19N3O3/c1-27-19-10-9-16(12-20(19)28-2)21-24-18-8-4-3-7-17(18)22(26)25(21)14-15-6-5-11-23-13-15/h3-13H,14H2,1-2H3. The van der Waals surface area contributed by atoms with Crippen molar-refractivity contribution in [2.45, 2.75) is 6.54 Å². The minimum absolute atomic E-state index is 0.0979. The van der Waals surface area contributed by atoms with E-state index in [-0.39, 0.29) is 5.56 Å². The summed E-state index contributed by atoms with van der Waals surface area (Å²) in [5.41, 5.74) is 2.24. The number of fused-ring (bicyclic) bond motifs is 1. The second-order valence-electron chi connectivity index (χ2n) is 6.27. The molecule has 4 aromatic rings. The van der Waals surface area contributed by atoms with Crippen molar-refractivity contribution in [3.63, 3.8) is 0 Å². The summed E-state index contributed by atoms with van der Waals surface area (Å²) >= 11 is 0. The van der Waals surface area contributed by atoms with Crippen LogP contribution in [0.5, 0.6) is 11.5 Å². The third-order valence-electron chi connectivity index (χ3n) is 4.57. The van der Waals surface area contributed by atoms with E-state index in [0.29, 0.717) is 34.8 Å². The molecular formula is C22H19N3O3. The molecule has 0 fully saturated rings. The predicted octanol–water partition coefficient (Wildman–Crippen LogP) is 3.52. The topological polar surface area (TPSA) is 66.2 Å². The molecule has 0 spiro atoms. The van der Waals surface area contributed by atoms with Gasteiger partial charge < -0.3 is 9.47 Å². The van der Waals surface area contributed by atoms with Crippen LogP contribution in [0.25, 0.3) is 22.3 Å². The highest BCUT2D eigenvalue weighted by atomic mass is 16.5. The van der Waals surface area contributed by atoms with Crippen molar-refractivity contribution < 1.29 is 9.47 Å². The van der Waals surface area contributed by atoms with E-state index in [0.717, 1.165) is 11.1 Å². The fraction of sp³-hybridized carbons (Fsp3) is 0.136. The number of methoxy groups -OCH3 is 2. The molecule has 0 amide bonds. The van der Waals surface area contributed by atoms with Crippen molar-refractivity contribution in [3.05, 3.63) is 82.9 Å². The van der Waals surface area contributed by atoms with E-state index in [1.807, 2.05) is 48.5 Å². The molecule has 0 saturated heterocycles. The average Bonchev–Trinajstić information content (AvgIpc) is 2.76. The van der Waals surface area contributed by atoms with E-state index in [1.54, 1.807) is 37.2 Å². The molecule has 0 aliphatic heterocycles. The van der Waals surface area contributed by atoms with Gasteiger partial charge in [-0.1, -0.05) is 18.2 Å². The molecule has 4 rings (SSSR count). The van der Waals surface area contributed by atoms with Gasteiger partial charge in [-0.25, -0.2) is 4.98 Å². The number of rotatable bonds is 5. The van der Waals surface area contributed by atoms with Gasteiger partial charge in [-0.05, 0) is 42.0 Å². The Morgan fingerprint density at radius 1 is 0.964 bits per heavy atom. The fourth-order valence-electron chi connectivity index (χ4n) is 3.18. The zero-order valence-electron chi connectivity index (χ0n) is 15.6. The SMILES string of the molecule is COc1ccc(-c2nc3ccccc3c(=O)n2Cc2cccnc2)cc1OC. The first-order valence-corrected chi connectivity index (χ1v) is 8.82. The van der Waals surface area contributed by atoms with E-state index in [9.17, 15) is 4.79 Å². The second-order valence-corrected chi connectivity index (χ2v) is 6.27. The van der Waals surface area contributed by atoms with Crippen molar-refractivity contribution >= 4 is 10.9 Å². The molecule has 2 heterocycles. The van der Waals surface area contributed by atoms with Gasteiger partial charge in [0.1, 0.15) is 5.82 Å². The summed E-state index contributed by atoms with van der Waals surface area (Å²) in [6.07, 6.45) is 3.46. The Kier molecular flexibility index (Phi) is 4.76. The van der Waals surface area contributed by atoms with E-state index < -0.39 is 0 Å². The molecule has 0 N–H and O–H groups in total. The number of hydrogen-bond acceptors (Lipinski definition) is 5. The third-order valence-corrected chi connectivity index (χ3v) is 4.57. The number of aromatic nitrogens is 3. The molecular weight excluding hydrogens is 354 g/mol. The number of nitrogens with zero attached hydrogens (tertiary/aromatic N) is 3. The number of ether oxygens (including phenoxy) is 2. The fourth-order valence-corrected chi connectivity index (χ4v) is 3.18. The number of para-hydroxylation sites is 1. The second kappa shape index (κ2) is 7.52. The highest BCUT2D eigenvalue weighted by molar-refractivity contribution is 5.80. The van der Waals surface area contributed by atoms with Crippen LogP contribution in [0.1, 0.15) is 5.56 Å². The van der Waals surface area contributed by atoms with Gasteiger partial charge in [-0.15, -0.1) is 0 Å². The van der Waals surface area contributed by atoms with Crippen molar-refractivity contribution in [3.8, 4) is 22.9 Å². The Bertz CT molecular complexity index is 1190. The number of pyridine rings is 1. The van der Waals surface area contributed by atoms with Crippen molar-refractivity contribution in [1.29, 1.82) is 0 Å². The molecule has 28 heavy (non-hydrogen) atoms. The Labute approximate surface area is 162 Å². The minimum atomic E-state index is -0.0979. The van der Waals surface area contributed by atoms with Gasteiger partial charge in [-0.3, -0.25) is 14.3 Å². The molecule has 140 valence electrons. The molecule has 0 aliphatic carbocycles. The van der Waals surface area contributed by atoms with Crippen LogP contribution in [0.3, 0.4) is 0 Å². The quantitative estimate of drug-likeness (QED) is 0.535. The first kappa shape index (κ1) is 17.7. The lowest BCUT2D eigenvalue weighted by Crippen LogP contribution is -2.24. The summed E-state index contributed by atoms with van der Waals surface area (Å²) < 4.78 is 12.4. The largest absolute Gasteiger partial charge is 0.493 e. The van der Waals surface area contributed by atoms with E-state index in [2.05, 4.69) is 4.98 Å². The van der Waals surface area contributed by atoms with Crippen molar-refractivity contribution in [1.82, 2.24) is 14.5 Å². The molecule has 0 atom stereocenters. The summed E-state index contributed by atoms with van der Waals surface area (Å²) in [7, 11) is 3.17. The summed E-state index contributed by atoms with van der Waals surface area (Å²) in [6, 6.07) is 16.7. The molecule has 2 aromatic carbocycles. The van der Waals surface area contributed by atoms with Crippen LogP contribution in [0.15, 0.2) is 71.8 Å². The molecule has 0 unspecified atom stereocenters. The van der Waals surface area contributed by atoms with Crippen LogP contribution >= 0.6 is 0 Å². The molecule has 6 nitrogen and oxygen atoms in total. The molecule has 0 radical (unpaired) electrons. The highest BCUT2D eigenvalue weighted by Gasteiger charge is 2.15. The summed E-state index contributed by atoms with van der Waals surface area (Å²) in [5.74, 6) is 1.76. The van der Waals surface area contributed by atoms with Gasteiger partial charge in [-0.2, -0.15) is 0 Å². The summed E-state index contributed by atoms with van der Waals surface area (Å²) in [4.78, 5) is 22.2. The maximum Gasteiger partial charge on any atom is 0.261 e. The minimum Gasteiger partial charge on any atom is -0.493 e. The predicted molar refractivity (Wildman–Crippen MR) is 108 cm³/mol. The Hall–Kier alpha value is -3.67. The zero-order valence-corrected chi connectivity index (χ0v) is 15.6. The molecule has 0 bridgehead atoms. The normalized spacial score (nSPS) is 10.8. The highest BCUT2D eigenvalue weighted by Crippen LogP contribution is 2.32. The van der Waals surface area contributed by atoms with E-state index in [4.69, 9.17) is 14.5 Å². The van der Waals surface area contributed by atoms with Crippen LogP contribution < -0.4 is 15.0 Å². The monoisotopic (exact) mass is 373 g/mol. The van der Waals surface area contributed by atoms with Crippen molar-refractivity contribution in [2.24, 2.45) is 0 Å². The smallest absolute Gasteiger partial charge is 0.261 e. The lowest BCUT2D eigenvalue weighted by atomic mass is 10.1. The first-order chi connectivity index (χ1) is 13.7. The first-order valence-electron chi connectivity index (χ1n) is 8.82. The summed E-state index contributed by atoms with van der Waals surface area (Å²) in [5, 5.41) is 0.579. The number of hydrogen-bond donors (Lipinski definition) is 0. The van der Waals surface area contributed by atoms with Crippen LogP contribution in [0.4, 0.5) is 0 Å². The maximum atomic E-state index is 13.3. The van der Waals surface area contributed by atoms with E-state index >= 15 is 0 Å². The van der Waals surface area contributed by atoms with Crippen molar-refractivity contribution in [2.75, 3.05) is 14.2 Å². The lowest BCUT2D eigenvalue weighted by molar-refractivity contribution is 0.355. The van der Waals surface area contributed by atoms with Crippen LogP contribution in [-0.2, 0) is 6.54 Å². The van der Waals surface area contributed by atoms with Gasteiger partial charge in [0.15, 0.2) is 11.5 Å². The molecule has 6 heteroatoms. The number of benzene rings is 2. The molecule has 0 saturated carbocycles. The lowest BCUT2D eigenvalue weighted by Gasteiger charge is -2.15. The molecule has 0 aliphatic rings. The van der Waals surface area contributed by atoms with E-state index in [1.165, 1.54) is 0 Å². The average molecular weight is 373 g/mol. The van der Waals surface area contributed by atoms with Gasteiger partial charge in [0.05, 0.1) is 31.7 Å². The Morgan fingerprint density at radius 2 is 1.79 bits per heavy atom. The van der Waals surface area contributed by atoms with Gasteiger partial charge in [0.25, 0.3) is 5.56 Å². The summed E-state index contributed by atoms with van der Waals surface area (Å²) in [6.45, 7) is 0.369.